The smallest absolute Gasteiger partial charge is 0.234 e. The fourth-order valence-electron chi connectivity index (χ4n) is 1.42. The van der Waals surface area contributed by atoms with E-state index in [1.807, 2.05) is 18.9 Å². The molecule has 1 atom stereocenters. The lowest BCUT2D eigenvalue weighted by atomic mass is 10.1. The maximum atomic E-state index is 11.5. The molecule has 0 aliphatic heterocycles. The van der Waals surface area contributed by atoms with Gasteiger partial charge in [0.2, 0.25) is 5.91 Å². The van der Waals surface area contributed by atoms with Crippen molar-refractivity contribution in [1.29, 1.82) is 5.26 Å². The molecule has 0 rings (SSSR count). The molecular weight excluding hydrogens is 206 g/mol. The number of nitrogens with one attached hydrogen (secondary N) is 1. The van der Waals surface area contributed by atoms with Crippen LogP contribution in [-0.4, -0.2) is 50.7 Å². The third-order valence-corrected chi connectivity index (χ3v) is 2.44. The van der Waals surface area contributed by atoms with Crippen LogP contribution in [0.25, 0.3) is 0 Å². The lowest BCUT2D eigenvalue weighted by molar-refractivity contribution is -0.122. The number of likely N-dealkylation sites (N-methyl/N-ethyl adjacent to an activating group) is 1. The summed E-state index contributed by atoms with van der Waals surface area (Å²) >= 11 is 0. The van der Waals surface area contributed by atoms with E-state index in [1.165, 1.54) is 0 Å². The Morgan fingerprint density at radius 3 is 2.81 bits per heavy atom. The minimum absolute atomic E-state index is 0.0315. The van der Waals surface area contributed by atoms with Crippen molar-refractivity contribution in [2.24, 2.45) is 0 Å². The molecular formula is C11H21N3O2. The Kier molecular flexibility index (Phi) is 8.49. The molecule has 0 aliphatic rings. The second-order valence-corrected chi connectivity index (χ2v) is 3.68. The van der Waals surface area contributed by atoms with Gasteiger partial charge in [0.1, 0.15) is 0 Å². The van der Waals surface area contributed by atoms with Crippen molar-refractivity contribution in [3.05, 3.63) is 0 Å². The molecule has 0 heterocycles. The van der Waals surface area contributed by atoms with E-state index in [0.29, 0.717) is 26.1 Å². The second-order valence-electron chi connectivity index (χ2n) is 3.68. The van der Waals surface area contributed by atoms with Gasteiger partial charge < -0.3 is 10.1 Å². The van der Waals surface area contributed by atoms with E-state index < -0.39 is 0 Å². The van der Waals surface area contributed by atoms with Crippen LogP contribution in [-0.2, 0) is 9.53 Å². The normalized spacial score (nSPS) is 12.2. The van der Waals surface area contributed by atoms with Gasteiger partial charge in [-0.25, -0.2) is 0 Å². The van der Waals surface area contributed by atoms with Gasteiger partial charge in [0.15, 0.2) is 0 Å². The van der Waals surface area contributed by atoms with Crippen LogP contribution in [0.3, 0.4) is 0 Å². The van der Waals surface area contributed by atoms with E-state index >= 15 is 0 Å². The predicted molar refractivity (Wildman–Crippen MR) is 61.8 cm³/mol. The van der Waals surface area contributed by atoms with Crippen LogP contribution in [0.5, 0.6) is 0 Å². The molecule has 0 radical (unpaired) electrons. The number of amides is 1. The first-order chi connectivity index (χ1) is 7.65. The molecule has 5 heteroatoms. The minimum Gasteiger partial charge on any atom is -0.383 e. The number of rotatable bonds is 8. The van der Waals surface area contributed by atoms with Crippen LogP contribution in [0.1, 0.15) is 19.8 Å². The van der Waals surface area contributed by atoms with Gasteiger partial charge in [-0.2, -0.15) is 5.26 Å². The summed E-state index contributed by atoms with van der Waals surface area (Å²) in [5.41, 5.74) is 0. The van der Waals surface area contributed by atoms with Gasteiger partial charge in [-0.3, -0.25) is 9.69 Å². The van der Waals surface area contributed by atoms with Crippen LogP contribution >= 0.6 is 0 Å². The second kappa shape index (κ2) is 9.13. The lowest BCUT2D eigenvalue weighted by Crippen LogP contribution is -2.41. The summed E-state index contributed by atoms with van der Waals surface area (Å²) in [6.07, 6.45) is 1.33. The Morgan fingerprint density at radius 2 is 2.31 bits per heavy atom. The molecule has 0 spiro atoms. The molecule has 92 valence electrons. The van der Waals surface area contributed by atoms with E-state index in [1.54, 1.807) is 7.11 Å². The largest absolute Gasteiger partial charge is 0.383 e. The van der Waals surface area contributed by atoms with E-state index in [2.05, 4.69) is 11.4 Å². The summed E-state index contributed by atoms with van der Waals surface area (Å²) in [6.45, 7) is 3.38. The topological polar surface area (TPSA) is 65.4 Å². The molecule has 0 aromatic carbocycles. The van der Waals surface area contributed by atoms with Crippen LogP contribution in [0.2, 0.25) is 0 Å². The molecule has 0 fully saturated rings. The molecule has 0 aliphatic carbocycles. The Hall–Kier alpha value is -1.12. The Labute approximate surface area is 97.4 Å². The highest BCUT2D eigenvalue weighted by Gasteiger charge is 2.14. The average molecular weight is 227 g/mol. The number of nitriles is 1. The maximum absolute atomic E-state index is 11.5. The van der Waals surface area contributed by atoms with E-state index in [0.717, 1.165) is 6.42 Å². The third kappa shape index (κ3) is 6.38. The number of carbonyl (C=O) groups is 1. The van der Waals surface area contributed by atoms with Gasteiger partial charge in [0.05, 0.1) is 25.6 Å². The van der Waals surface area contributed by atoms with Crippen LogP contribution in [0.15, 0.2) is 0 Å². The van der Waals surface area contributed by atoms with E-state index in [9.17, 15) is 4.79 Å². The Morgan fingerprint density at radius 1 is 1.62 bits per heavy atom. The zero-order valence-electron chi connectivity index (χ0n) is 10.3. The fraction of sp³-hybridized carbons (Fsp3) is 0.818. The molecule has 0 saturated heterocycles. The van der Waals surface area contributed by atoms with Gasteiger partial charge in [0.25, 0.3) is 0 Å². The predicted octanol–water partition coefficient (Wildman–Crippen LogP) is 0.373. The number of hydrogen-bond donors (Lipinski definition) is 1. The first-order valence-electron chi connectivity index (χ1n) is 5.48. The summed E-state index contributed by atoms with van der Waals surface area (Å²) in [5, 5.41) is 11.4. The summed E-state index contributed by atoms with van der Waals surface area (Å²) < 4.78 is 4.83. The van der Waals surface area contributed by atoms with Crippen LogP contribution < -0.4 is 5.32 Å². The average Bonchev–Trinajstić information content (AvgIpc) is 2.26. The Balaban J connectivity index is 3.88. The van der Waals surface area contributed by atoms with Gasteiger partial charge in [-0.15, -0.1) is 0 Å². The quantitative estimate of drug-likeness (QED) is 0.609. The maximum Gasteiger partial charge on any atom is 0.234 e. The minimum atomic E-state index is -0.0315. The first kappa shape index (κ1) is 14.9. The number of nitrogens with zero attached hydrogens (tertiary/aromatic N) is 2. The number of methoxy groups -OCH3 is 1. The van der Waals surface area contributed by atoms with Crippen molar-refractivity contribution >= 4 is 5.91 Å². The zero-order valence-corrected chi connectivity index (χ0v) is 10.3. The molecule has 16 heavy (non-hydrogen) atoms. The highest BCUT2D eigenvalue weighted by molar-refractivity contribution is 5.77. The van der Waals surface area contributed by atoms with E-state index in [4.69, 9.17) is 10.00 Å². The molecule has 0 aromatic heterocycles. The van der Waals surface area contributed by atoms with Crippen molar-refractivity contribution in [2.45, 2.75) is 25.8 Å². The van der Waals surface area contributed by atoms with Crippen molar-refractivity contribution in [3.8, 4) is 6.07 Å². The number of ether oxygens (including phenoxy) is 1. The molecule has 0 aromatic rings. The fourth-order valence-corrected chi connectivity index (χ4v) is 1.42. The summed E-state index contributed by atoms with van der Waals surface area (Å²) in [4.78, 5) is 13.4. The highest BCUT2D eigenvalue weighted by Crippen LogP contribution is 2.04. The molecule has 1 amide bonds. The SMILES string of the molecule is CCC(CC#N)N(C)CC(=O)NCCOC. The molecule has 1 unspecified atom stereocenters. The molecule has 0 bridgehead atoms. The van der Waals surface area contributed by atoms with E-state index in [-0.39, 0.29) is 11.9 Å². The standard InChI is InChI=1S/C11H21N3O2/c1-4-10(5-6-12)14(2)9-11(15)13-7-8-16-3/h10H,4-5,7-9H2,1-3H3,(H,13,15). The molecule has 5 nitrogen and oxygen atoms in total. The monoisotopic (exact) mass is 227 g/mol. The van der Waals surface area contributed by atoms with Gasteiger partial charge in [-0.05, 0) is 13.5 Å². The lowest BCUT2D eigenvalue weighted by Gasteiger charge is -2.24. The highest BCUT2D eigenvalue weighted by atomic mass is 16.5. The van der Waals surface area contributed by atoms with Gasteiger partial charge in [-0.1, -0.05) is 6.92 Å². The number of carbonyl (C=O) groups excluding carboxylic acids is 1. The Bertz CT molecular complexity index is 238. The van der Waals surface area contributed by atoms with Crippen LogP contribution in [0, 0.1) is 11.3 Å². The molecule has 0 saturated carbocycles. The summed E-state index contributed by atoms with van der Waals surface area (Å²) in [6, 6.07) is 2.28. The summed E-state index contributed by atoms with van der Waals surface area (Å²) in [7, 11) is 3.46. The summed E-state index contributed by atoms with van der Waals surface area (Å²) in [5.74, 6) is -0.0315. The number of hydrogen-bond acceptors (Lipinski definition) is 4. The van der Waals surface area contributed by atoms with Gasteiger partial charge >= 0.3 is 0 Å². The third-order valence-electron chi connectivity index (χ3n) is 2.44. The molecule has 1 N–H and O–H groups in total. The first-order valence-corrected chi connectivity index (χ1v) is 5.48. The zero-order chi connectivity index (χ0) is 12.4. The van der Waals surface area contributed by atoms with Crippen molar-refractivity contribution in [1.82, 2.24) is 10.2 Å². The van der Waals surface area contributed by atoms with Crippen LogP contribution in [0.4, 0.5) is 0 Å². The van der Waals surface area contributed by atoms with Crippen molar-refractivity contribution < 1.29 is 9.53 Å². The van der Waals surface area contributed by atoms with Gasteiger partial charge in [0, 0.05) is 19.7 Å². The van der Waals surface area contributed by atoms with Crippen molar-refractivity contribution in [3.63, 3.8) is 0 Å². The van der Waals surface area contributed by atoms with Crippen molar-refractivity contribution in [2.75, 3.05) is 33.9 Å².